The number of methoxy groups -OCH3 is 2. The normalized spacial score (nSPS) is 30.5. The van der Waals surface area contributed by atoms with E-state index in [1.54, 1.807) is 21.1 Å². The lowest BCUT2D eigenvalue weighted by Gasteiger charge is -2.19. The number of carboxylic acid groups (broad SMARTS) is 1. The van der Waals surface area contributed by atoms with Crippen LogP contribution in [0.4, 0.5) is 0 Å². The lowest BCUT2D eigenvalue weighted by atomic mass is 10.3. The smallest absolute Gasteiger partial charge is 0.320 e. The van der Waals surface area contributed by atoms with Crippen molar-refractivity contribution in [2.75, 3.05) is 27.3 Å². The summed E-state index contributed by atoms with van der Waals surface area (Å²) in [6, 6.07) is -0.479. The van der Waals surface area contributed by atoms with Crippen molar-refractivity contribution in [3.8, 4) is 0 Å². The van der Waals surface area contributed by atoms with Crippen LogP contribution in [-0.2, 0) is 14.3 Å². The van der Waals surface area contributed by atoms with E-state index < -0.39 is 12.0 Å². The van der Waals surface area contributed by atoms with Gasteiger partial charge in [0, 0.05) is 27.3 Å². The van der Waals surface area contributed by atoms with Gasteiger partial charge in [0.15, 0.2) is 0 Å². The Kier molecular flexibility index (Phi) is 3.86. The molecule has 1 heterocycles. The topological polar surface area (TPSA) is 59.0 Å². The van der Waals surface area contributed by atoms with Crippen LogP contribution in [0.5, 0.6) is 0 Å². The molecule has 1 rings (SSSR count). The molecule has 0 amide bonds. The Morgan fingerprint density at radius 3 is 2.07 bits per heavy atom. The van der Waals surface area contributed by atoms with Crippen LogP contribution in [0.1, 0.15) is 6.92 Å². The first-order valence-corrected chi connectivity index (χ1v) is 4.62. The molecule has 5 nitrogen and oxygen atoms in total. The number of ether oxygens (including phenoxy) is 2. The third-order valence-corrected chi connectivity index (χ3v) is 2.75. The Hall–Kier alpha value is -0.650. The molecule has 0 aromatic heterocycles. The number of hydrogen-bond donors (Lipinski definition) is 1. The molecule has 0 saturated carbocycles. The average molecular weight is 203 g/mol. The molecule has 14 heavy (non-hydrogen) atoms. The molecule has 0 spiro atoms. The monoisotopic (exact) mass is 203 g/mol. The average Bonchev–Trinajstić information content (AvgIpc) is 2.59. The third-order valence-electron chi connectivity index (χ3n) is 2.75. The quantitative estimate of drug-likeness (QED) is 0.686. The number of rotatable bonds is 4. The second kappa shape index (κ2) is 4.72. The molecular formula is C9H17NO4. The summed E-state index contributed by atoms with van der Waals surface area (Å²) in [4.78, 5) is 12.6. The van der Waals surface area contributed by atoms with Gasteiger partial charge >= 0.3 is 5.97 Å². The molecule has 0 radical (unpaired) electrons. The summed E-state index contributed by atoms with van der Waals surface area (Å²) in [5.41, 5.74) is 0. The fourth-order valence-corrected chi connectivity index (χ4v) is 1.70. The Morgan fingerprint density at radius 2 is 1.79 bits per heavy atom. The molecule has 1 fully saturated rings. The van der Waals surface area contributed by atoms with Crippen molar-refractivity contribution in [1.82, 2.24) is 4.90 Å². The number of likely N-dealkylation sites (tertiary alicyclic amines) is 1. The third kappa shape index (κ3) is 2.23. The molecule has 0 aromatic rings. The molecule has 3 atom stereocenters. The highest BCUT2D eigenvalue weighted by Crippen LogP contribution is 2.17. The number of carboxylic acids is 1. The second-order valence-electron chi connectivity index (χ2n) is 3.52. The molecule has 0 aliphatic carbocycles. The van der Waals surface area contributed by atoms with Crippen molar-refractivity contribution in [1.29, 1.82) is 0 Å². The summed E-state index contributed by atoms with van der Waals surface area (Å²) in [6.45, 7) is 2.90. The van der Waals surface area contributed by atoms with Crippen LogP contribution in [0.25, 0.3) is 0 Å². The van der Waals surface area contributed by atoms with E-state index in [9.17, 15) is 4.79 Å². The van der Waals surface area contributed by atoms with E-state index in [0.29, 0.717) is 13.1 Å². The minimum Gasteiger partial charge on any atom is -0.480 e. The summed E-state index contributed by atoms with van der Waals surface area (Å²) < 4.78 is 10.4. The maximum absolute atomic E-state index is 10.8. The van der Waals surface area contributed by atoms with Gasteiger partial charge in [-0.15, -0.1) is 0 Å². The van der Waals surface area contributed by atoms with Crippen LogP contribution < -0.4 is 0 Å². The summed E-state index contributed by atoms with van der Waals surface area (Å²) in [7, 11) is 3.23. The van der Waals surface area contributed by atoms with Gasteiger partial charge in [0.1, 0.15) is 6.04 Å². The number of carbonyl (C=O) groups is 1. The first-order chi connectivity index (χ1) is 6.60. The van der Waals surface area contributed by atoms with Gasteiger partial charge in [-0.05, 0) is 6.92 Å². The number of aliphatic carboxylic acids is 1. The molecule has 1 saturated heterocycles. The molecule has 0 unspecified atom stereocenters. The fourth-order valence-electron chi connectivity index (χ4n) is 1.70. The van der Waals surface area contributed by atoms with Crippen LogP contribution in [0, 0.1) is 0 Å². The minimum absolute atomic E-state index is 0.0261. The first kappa shape index (κ1) is 11.4. The van der Waals surface area contributed by atoms with E-state index in [1.165, 1.54) is 0 Å². The van der Waals surface area contributed by atoms with E-state index in [1.807, 2.05) is 4.90 Å². The van der Waals surface area contributed by atoms with Gasteiger partial charge in [-0.1, -0.05) is 0 Å². The molecule has 1 aliphatic heterocycles. The van der Waals surface area contributed by atoms with Gasteiger partial charge in [-0.2, -0.15) is 0 Å². The lowest BCUT2D eigenvalue weighted by molar-refractivity contribution is -0.142. The van der Waals surface area contributed by atoms with Gasteiger partial charge in [0.2, 0.25) is 0 Å². The van der Waals surface area contributed by atoms with E-state index >= 15 is 0 Å². The van der Waals surface area contributed by atoms with Crippen LogP contribution in [0.3, 0.4) is 0 Å². The molecule has 0 aromatic carbocycles. The molecule has 1 N–H and O–H groups in total. The van der Waals surface area contributed by atoms with E-state index in [2.05, 4.69) is 0 Å². The van der Waals surface area contributed by atoms with Gasteiger partial charge in [-0.3, -0.25) is 9.69 Å². The number of hydrogen-bond acceptors (Lipinski definition) is 4. The SMILES string of the molecule is CO[C@@H]1CN([C@@H](C)C(=O)O)C[C@H]1OC. The fraction of sp³-hybridized carbons (Fsp3) is 0.889. The van der Waals surface area contributed by atoms with Crippen LogP contribution in [-0.4, -0.2) is 61.5 Å². The highest BCUT2D eigenvalue weighted by Gasteiger charge is 2.37. The Bertz CT molecular complexity index is 197. The highest BCUT2D eigenvalue weighted by molar-refractivity contribution is 5.72. The van der Waals surface area contributed by atoms with Gasteiger partial charge in [0.25, 0.3) is 0 Å². The van der Waals surface area contributed by atoms with Gasteiger partial charge in [-0.25, -0.2) is 0 Å². The molecular weight excluding hydrogens is 186 g/mol. The van der Waals surface area contributed by atoms with Crippen molar-refractivity contribution in [3.05, 3.63) is 0 Å². The predicted octanol–water partition coefficient (Wildman–Crippen LogP) is -0.195. The van der Waals surface area contributed by atoms with Crippen LogP contribution >= 0.6 is 0 Å². The zero-order valence-corrected chi connectivity index (χ0v) is 8.77. The van der Waals surface area contributed by atoms with E-state index in [-0.39, 0.29) is 12.2 Å². The predicted molar refractivity (Wildman–Crippen MR) is 50.3 cm³/mol. The lowest BCUT2D eigenvalue weighted by Crippen LogP contribution is -2.38. The largest absolute Gasteiger partial charge is 0.480 e. The van der Waals surface area contributed by atoms with Crippen LogP contribution in [0.15, 0.2) is 0 Å². The summed E-state index contributed by atoms with van der Waals surface area (Å²) in [6.07, 6.45) is -0.0522. The summed E-state index contributed by atoms with van der Waals surface area (Å²) >= 11 is 0. The number of nitrogens with zero attached hydrogens (tertiary/aromatic N) is 1. The van der Waals surface area contributed by atoms with Crippen molar-refractivity contribution in [2.45, 2.75) is 25.2 Å². The van der Waals surface area contributed by atoms with Crippen molar-refractivity contribution in [3.63, 3.8) is 0 Å². The Labute approximate surface area is 83.6 Å². The Morgan fingerprint density at radius 1 is 1.36 bits per heavy atom. The van der Waals surface area contributed by atoms with E-state index in [0.717, 1.165) is 0 Å². The maximum Gasteiger partial charge on any atom is 0.320 e. The van der Waals surface area contributed by atoms with Gasteiger partial charge in [0.05, 0.1) is 12.2 Å². The van der Waals surface area contributed by atoms with E-state index in [4.69, 9.17) is 14.6 Å². The van der Waals surface area contributed by atoms with Crippen molar-refractivity contribution in [2.24, 2.45) is 0 Å². The van der Waals surface area contributed by atoms with Gasteiger partial charge < -0.3 is 14.6 Å². The maximum atomic E-state index is 10.8. The standard InChI is InChI=1S/C9H17NO4/c1-6(9(11)12)10-4-7(13-2)8(5-10)14-3/h6-8H,4-5H2,1-3H3,(H,11,12)/t6-,7+,8+/m0/s1. The molecule has 5 heteroatoms. The second-order valence-corrected chi connectivity index (χ2v) is 3.52. The van der Waals surface area contributed by atoms with Crippen LogP contribution in [0.2, 0.25) is 0 Å². The molecule has 1 aliphatic rings. The zero-order chi connectivity index (χ0) is 10.7. The van der Waals surface area contributed by atoms with Crippen molar-refractivity contribution < 1.29 is 19.4 Å². The first-order valence-electron chi connectivity index (χ1n) is 4.62. The zero-order valence-electron chi connectivity index (χ0n) is 8.77. The summed E-state index contributed by atoms with van der Waals surface area (Å²) in [5.74, 6) is -0.809. The van der Waals surface area contributed by atoms with Crippen molar-refractivity contribution >= 4 is 5.97 Å². The molecule has 82 valence electrons. The highest BCUT2D eigenvalue weighted by atomic mass is 16.5. The minimum atomic E-state index is -0.809. The Balaban J connectivity index is 2.56. The summed E-state index contributed by atoms with van der Waals surface area (Å²) in [5, 5.41) is 8.84. The molecule has 0 bridgehead atoms.